The summed E-state index contributed by atoms with van der Waals surface area (Å²) in [6.07, 6.45) is 3.06. The average Bonchev–Trinajstić information content (AvgIpc) is 2.59. The van der Waals surface area contributed by atoms with Gasteiger partial charge >= 0.3 is 0 Å². The summed E-state index contributed by atoms with van der Waals surface area (Å²) >= 11 is 0. The minimum atomic E-state index is -0.795. The Labute approximate surface area is 144 Å². The van der Waals surface area contributed by atoms with E-state index in [1.54, 1.807) is 6.07 Å². The second-order valence-corrected chi connectivity index (χ2v) is 6.17. The van der Waals surface area contributed by atoms with E-state index >= 15 is 0 Å². The minimum absolute atomic E-state index is 0.0297. The van der Waals surface area contributed by atoms with Crippen LogP contribution in [0.4, 0.5) is 14.5 Å². The zero-order valence-corrected chi connectivity index (χ0v) is 13.6. The molecule has 0 saturated carbocycles. The number of hydrogen-bond donors (Lipinski definition) is 1. The van der Waals surface area contributed by atoms with Crippen LogP contribution in [0.3, 0.4) is 0 Å². The van der Waals surface area contributed by atoms with E-state index in [9.17, 15) is 18.8 Å². The van der Waals surface area contributed by atoms with Crippen LogP contribution in [-0.2, 0) is 4.79 Å². The molecule has 0 unspecified atom stereocenters. The predicted molar refractivity (Wildman–Crippen MR) is 88.8 cm³/mol. The van der Waals surface area contributed by atoms with E-state index in [0.717, 1.165) is 35.4 Å². The van der Waals surface area contributed by atoms with Gasteiger partial charge in [0.25, 0.3) is 0 Å². The molecule has 0 spiro atoms. The van der Waals surface area contributed by atoms with Gasteiger partial charge in [0.1, 0.15) is 11.6 Å². The quantitative estimate of drug-likeness (QED) is 0.683. The Morgan fingerprint density at radius 1 is 1.24 bits per heavy atom. The molecule has 1 aliphatic heterocycles. The number of nitrogens with zero attached hydrogens (tertiary/aromatic N) is 2. The largest absolute Gasteiger partial charge is 0.618 e. The number of amides is 1. The lowest BCUT2D eigenvalue weighted by Gasteiger charge is -2.30. The van der Waals surface area contributed by atoms with E-state index in [2.05, 4.69) is 5.32 Å². The molecule has 1 N–H and O–H groups in total. The van der Waals surface area contributed by atoms with Crippen molar-refractivity contribution in [3.05, 3.63) is 65.1 Å². The molecule has 0 aliphatic carbocycles. The molecular weight excluding hydrogens is 328 g/mol. The third-order valence-electron chi connectivity index (χ3n) is 4.43. The lowest BCUT2D eigenvalue weighted by atomic mass is 9.93. The molecule has 3 rings (SSSR count). The standard InChI is InChI=1S/C18H19F2N3O2/c19-14-4-5-16(15(20)11-14)21-18(24)12-22-9-6-13(7-10-22)17-3-1-2-8-23(17)25/h1-5,8,11,13H,6-7,9-10,12H2,(H,21,24). The molecule has 2 aromatic rings. The summed E-state index contributed by atoms with van der Waals surface area (Å²) in [5, 5.41) is 14.3. The lowest BCUT2D eigenvalue weighted by Crippen LogP contribution is -2.41. The highest BCUT2D eigenvalue weighted by molar-refractivity contribution is 5.92. The first-order chi connectivity index (χ1) is 12.0. The number of carbonyl (C=O) groups is 1. The number of rotatable bonds is 4. The SMILES string of the molecule is O=C(CN1CCC(c2cccc[n+]2[O-])CC1)Nc1ccc(F)cc1F. The molecule has 0 atom stereocenters. The Bertz CT molecular complexity index is 762. The van der Waals surface area contributed by atoms with Crippen LogP contribution >= 0.6 is 0 Å². The Morgan fingerprint density at radius 3 is 2.68 bits per heavy atom. The Morgan fingerprint density at radius 2 is 2.00 bits per heavy atom. The van der Waals surface area contributed by atoms with Crippen LogP contribution in [-0.4, -0.2) is 30.4 Å². The average molecular weight is 347 g/mol. The number of halogens is 2. The molecule has 25 heavy (non-hydrogen) atoms. The third-order valence-corrected chi connectivity index (χ3v) is 4.43. The van der Waals surface area contributed by atoms with Gasteiger partial charge in [0, 0.05) is 24.1 Å². The minimum Gasteiger partial charge on any atom is -0.618 e. The summed E-state index contributed by atoms with van der Waals surface area (Å²) in [6.45, 7) is 1.49. The fourth-order valence-electron chi connectivity index (χ4n) is 3.13. The first-order valence-corrected chi connectivity index (χ1v) is 8.18. The van der Waals surface area contributed by atoms with Gasteiger partial charge in [-0.3, -0.25) is 9.69 Å². The van der Waals surface area contributed by atoms with Gasteiger partial charge in [0.05, 0.1) is 12.2 Å². The normalized spacial score (nSPS) is 15.9. The maximum Gasteiger partial charge on any atom is 0.238 e. The van der Waals surface area contributed by atoms with Crippen LogP contribution in [0.15, 0.2) is 42.6 Å². The van der Waals surface area contributed by atoms with Gasteiger partial charge in [-0.1, -0.05) is 6.07 Å². The van der Waals surface area contributed by atoms with Crippen molar-refractivity contribution >= 4 is 11.6 Å². The summed E-state index contributed by atoms with van der Waals surface area (Å²) in [6, 6.07) is 8.42. The molecule has 1 saturated heterocycles. The third kappa shape index (κ3) is 4.30. The molecule has 1 amide bonds. The van der Waals surface area contributed by atoms with Crippen molar-refractivity contribution in [3.63, 3.8) is 0 Å². The molecule has 132 valence electrons. The van der Waals surface area contributed by atoms with Gasteiger partial charge in [0.15, 0.2) is 11.9 Å². The topological polar surface area (TPSA) is 59.3 Å². The molecule has 1 aliphatic rings. The first kappa shape index (κ1) is 17.3. The fraction of sp³-hybridized carbons (Fsp3) is 0.333. The van der Waals surface area contributed by atoms with Gasteiger partial charge < -0.3 is 10.5 Å². The molecule has 1 aromatic heterocycles. The lowest BCUT2D eigenvalue weighted by molar-refractivity contribution is -0.616. The molecule has 5 nitrogen and oxygen atoms in total. The second kappa shape index (κ2) is 7.57. The fourth-order valence-corrected chi connectivity index (χ4v) is 3.13. The van der Waals surface area contributed by atoms with E-state index in [-0.39, 0.29) is 24.1 Å². The summed E-state index contributed by atoms with van der Waals surface area (Å²) in [5.41, 5.74) is 0.720. The Kier molecular flexibility index (Phi) is 5.23. The summed E-state index contributed by atoms with van der Waals surface area (Å²) in [7, 11) is 0. The number of nitrogens with one attached hydrogen (secondary N) is 1. The van der Waals surface area contributed by atoms with E-state index in [1.165, 1.54) is 12.3 Å². The van der Waals surface area contributed by atoms with Crippen LogP contribution in [0.1, 0.15) is 24.5 Å². The van der Waals surface area contributed by atoms with Crippen molar-refractivity contribution < 1.29 is 18.3 Å². The molecule has 0 bridgehead atoms. The van der Waals surface area contributed by atoms with E-state index in [0.29, 0.717) is 13.1 Å². The van der Waals surface area contributed by atoms with Gasteiger partial charge in [-0.15, -0.1) is 0 Å². The highest BCUT2D eigenvalue weighted by Crippen LogP contribution is 2.25. The van der Waals surface area contributed by atoms with Gasteiger partial charge in [0.2, 0.25) is 5.91 Å². The van der Waals surface area contributed by atoms with E-state index in [4.69, 9.17) is 0 Å². The van der Waals surface area contributed by atoms with Gasteiger partial charge in [-0.05, 0) is 38.1 Å². The number of aromatic nitrogens is 1. The zero-order chi connectivity index (χ0) is 17.8. The number of anilines is 1. The molecule has 2 heterocycles. The molecule has 1 aromatic carbocycles. The van der Waals surface area contributed by atoms with E-state index < -0.39 is 11.6 Å². The van der Waals surface area contributed by atoms with Crippen LogP contribution in [0.25, 0.3) is 0 Å². The summed E-state index contributed by atoms with van der Waals surface area (Å²) < 4.78 is 27.3. The molecule has 0 radical (unpaired) electrons. The Hall–Kier alpha value is -2.54. The van der Waals surface area contributed by atoms with Crippen molar-refractivity contribution in [3.8, 4) is 0 Å². The molecule has 1 fully saturated rings. The number of carbonyl (C=O) groups excluding carboxylic acids is 1. The first-order valence-electron chi connectivity index (χ1n) is 8.18. The highest BCUT2D eigenvalue weighted by Gasteiger charge is 2.26. The number of piperidine rings is 1. The van der Waals surface area contributed by atoms with Crippen molar-refractivity contribution in [2.75, 3.05) is 25.0 Å². The van der Waals surface area contributed by atoms with Gasteiger partial charge in [-0.25, -0.2) is 8.78 Å². The maximum atomic E-state index is 13.6. The van der Waals surface area contributed by atoms with Crippen molar-refractivity contribution in [1.29, 1.82) is 0 Å². The zero-order valence-electron chi connectivity index (χ0n) is 13.6. The number of pyridine rings is 1. The molecule has 7 heteroatoms. The van der Waals surface area contributed by atoms with Crippen LogP contribution in [0.5, 0.6) is 0 Å². The second-order valence-electron chi connectivity index (χ2n) is 6.17. The highest BCUT2D eigenvalue weighted by atomic mass is 19.1. The number of hydrogen-bond acceptors (Lipinski definition) is 3. The van der Waals surface area contributed by atoms with Crippen molar-refractivity contribution in [2.24, 2.45) is 0 Å². The molecular formula is C18H19F2N3O2. The summed E-state index contributed by atoms with van der Waals surface area (Å²) in [4.78, 5) is 14.0. The number of likely N-dealkylation sites (tertiary alicyclic amines) is 1. The summed E-state index contributed by atoms with van der Waals surface area (Å²) in [5.74, 6) is -1.65. The van der Waals surface area contributed by atoms with Crippen LogP contribution in [0.2, 0.25) is 0 Å². The van der Waals surface area contributed by atoms with Crippen LogP contribution in [0, 0.1) is 16.8 Å². The Balaban J connectivity index is 1.52. The predicted octanol–water partition coefficient (Wildman–Crippen LogP) is 2.42. The number of benzene rings is 1. The van der Waals surface area contributed by atoms with Gasteiger partial charge in [-0.2, -0.15) is 4.73 Å². The smallest absolute Gasteiger partial charge is 0.238 e. The van der Waals surface area contributed by atoms with E-state index in [1.807, 2.05) is 17.0 Å². The van der Waals surface area contributed by atoms with Crippen LogP contribution < -0.4 is 10.0 Å². The van der Waals surface area contributed by atoms with Crippen molar-refractivity contribution in [1.82, 2.24) is 4.90 Å². The monoisotopic (exact) mass is 347 g/mol. The maximum absolute atomic E-state index is 13.6. The van der Waals surface area contributed by atoms with Crippen molar-refractivity contribution in [2.45, 2.75) is 18.8 Å².